The molecule has 3 heterocycles. The summed E-state index contributed by atoms with van der Waals surface area (Å²) in [5.74, 6) is 1.06. The third-order valence-electron chi connectivity index (χ3n) is 5.80. The Morgan fingerprint density at radius 3 is 2.40 bits per heavy atom. The van der Waals surface area contributed by atoms with Crippen molar-refractivity contribution in [2.24, 2.45) is 11.8 Å². The number of carbonyl (C=O) groups excluding carboxylic acids is 1. The largest absolute Gasteiger partial charge is 0.299 e. The van der Waals surface area contributed by atoms with Crippen molar-refractivity contribution in [2.75, 3.05) is 13.1 Å². The van der Waals surface area contributed by atoms with Crippen LogP contribution in [0.4, 0.5) is 0 Å². The molecule has 1 atom stereocenters. The van der Waals surface area contributed by atoms with Crippen LogP contribution in [0.2, 0.25) is 0 Å². The molecule has 1 saturated carbocycles. The average Bonchev–Trinajstić information content (AvgIpc) is 3.41. The maximum atomic E-state index is 12.9. The molecule has 1 aliphatic heterocycles. The lowest BCUT2D eigenvalue weighted by Crippen LogP contribution is -2.41. The molecule has 1 aliphatic carbocycles. The molecular formula is C18H24N4O2S. The summed E-state index contributed by atoms with van der Waals surface area (Å²) in [5.41, 5.74) is 1.76. The fraction of sp³-hybridized carbons (Fsp3) is 0.667. The number of rotatable bonds is 4. The van der Waals surface area contributed by atoms with Crippen LogP contribution in [0.15, 0.2) is 4.79 Å². The lowest BCUT2D eigenvalue weighted by atomic mass is 9.90. The van der Waals surface area contributed by atoms with Crippen LogP contribution in [0.3, 0.4) is 0 Å². The molecule has 1 saturated heterocycles. The van der Waals surface area contributed by atoms with Crippen LogP contribution in [-0.4, -0.2) is 37.9 Å². The Hall–Kier alpha value is -1.60. The average molecular weight is 360 g/mol. The lowest BCUT2D eigenvalue weighted by molar-refractivity contribution is -0.125. The molecular weight excluding hydrogens is 336 g/mol. The standard InChI is InChI=1S/C18H24N4O2S/c1-10-11(2)19-20-17-15(10)18(24)22(25-17)12(3)21-8-6-14(7-9-21)16(23)13-4-5-13/h12-14H,4-9H2,1-3H3. The van der Waals surface area contributed by atoms with Crippen molar-refractivity contribution in [3.05, 3.63) is 21.6 Å². The van der Waals surface area contributed by atoms with Crippen LogP contribution < -0.4 is 5.56 Å². The summed E-state index contributed by atoms with van der Waals surface area (Å²) in [7, 11) is 0. The van der Waals surface area contributed by atoms with Gasteiger partial charge in [-0.25, -0.2) is 3.96 Å². The highest BCUT2D eigenvalue weighted by molar-refractivity contribution is 7.13. The van der Waals surface area contributed by atoms with Crippen LogP contribution in [0.5, 0.6) is 0 Å². The van der Waals surface area contributed by atoms with E-state index in [4.69, 9.17) is 0 Å². The molecule has 2 fully saturated rings. The number of fused-ring (bicyclic) bond motifs is 1. The minimum Gasteiger partial charge on any atom is -0.299 e. The molecule has 25 heavy (non-hydrogen) atoms. The first-order valence-electron chi connectivity index (χ1n) is 9.10. The number of piperidine rings is 1. The Morgan fingerprint density at radius 2 is 1.76 bits per heavy atom. The zero-order valence-electron chi connectivity index (χ0n) is 15.0. The van der Waals surface area contributed by atoms with E-state index in [1.54, 1.807) is 0 Å². The number of likely N-dealkylation sites (tertiary alicyclic amines) is 1. The van der Waals surface area contributed by atoms with E-state index < -0.39 is 0 Å². The summed E-state index contributed by atoms with van der Waals surface area (Å²) in [6.45, 7) is 7.62. The van der Waals surface area contributed by atoms with Gasteiger partial charge >= 0.3 is 0 Å². The summed E-state index contributed by atoms with van der Waals surface area (Å²) in [4.78, 5) is 28.2. The van der Waals surface area contributed by atoms with Crippen LogP contribution in [0, 0.1) is 25.7 Å². The summed E-state index contributed by atoms with van der Waals surface area (Å²) < 4.78 is 1.81. The second kappa shape index (κ2) is 6.29. The Kier molecular flexibility index (Phi) is 4.24. The molecule has 134 valence electrons. The molecule has 4 rings (SSSR count). The fourth-order valence-electron chi connectivity index (χ4n) is 3.80. The Labute approximate surface area is 151 Å². The number of hydrogen-bond acceptors (Lipinski definition) is 6. The molecule has 0 radical (unpaired) electrons. The molecule has 2 aromatic rings. The first kappa shape index (κ1) is 16.8. The van der Waals surface area contributed by atoms with Crippen molar-refractivity contribution in [2.45, 2.75) is 52.6 Å². The molecule has 2 aliphatic rings. The fourth-order valence-corrected chi connectivity index (χ4v) is 4.86. The van der Waals surface area contributed by atoms with Crippen LogP contribution in [0.1, 0.15) is 50.0 Å². The van der Waals surface area contributed by atoms with E-state index >= 15 is 0 Å². The van der Waals surface area contributed by atoms with Crippen molar-refractivity contribution in [3.8, 4) is 0 Å². The van der Waals surface area contributed by atoms with Gasteiger partial charge in [-0.2, -0.15) is 5.10 Å². The van der Waals surface area contributed by atoms with Crippen molar-refractivity contribution in [1.82, 2.24) is 19.1 Å². The Morgan fingerprint density at radius 1 is 1.12 bits per heavy atom. The van der Waals surface area contributed by atoms with Crippen molar-refractivity contribution in [1.29, 1.82) is 0 Å². The van der Waals surface area contributed by atoms with Gasteiger partial charge in [0.15, 0.2) is 4.83 Å². The predicted octanol–water partition coefficient (Wildman–Crippen LogP) is 2.68. The number of Topliss-reactive ketones (excluding diaryl/α,β-unsaturated/α-hetero) is 1. The number of aromatic nitrogens is 3. The van der Waals surface area contributed by atoms with Gasteiger partial charge in [0.2, 0.25) is 0 Å². The van der Waals surface area contributed by atoms with E-state index in [1.165, 1.54) is 11.5 Å². The zero-order valence-corrected chi connectivity index (χ0v) is 15.8. The van der Waals surface area contributed by atoms with Crippen LogP contribution in [0.25, 0.3) is 10.2 Å². The van der Waals surface area contributed by atoms with Gasteiger partial charge in [0.05, 0.1) is 17.2 Å². The second-order valence-electron chi connectivity index (χ2n) is 7.43. The molecule has 0 spiro atoms. The maximum Gasteiger partial charge on any atom is 0.272 e. The highest BCUT2D eigenvalue weighted by atomic mass is 32.1. The maximum absolute atomic E-state index is 12.9. The molecule has 0 bridgehead atoms. The lowest BCUT2D eigenvalue weighted by Gasteiger charge is -2.35. The molecule has 1 unspecified atom stereocenters. The topological polar surface area (TPSA) is 68.1 Å². The van der Waals surface area contributed by atoms with Gasteiger partial charge in [-0.15, -0.1) is 5.10 Å². The van der Waals surface area contributed by atoms with Gasteiger partial charge in [0, 0.05) is 24.9 Å². The van der Waals surface area contributed by atoms with Crippen molar-refractivity contribution < 1.29 is 4.79 Å². The number of hydrogen-bond donors (Lipinski definition) is 0. The van der Waals surface area contributed by atoms with Gasteiger partial charge in [0.1, 0.15) is 5.78 Å². The summed E-state index contributed by atoms with van der Waals surface area (Å²) in [6.07, 6.45) is 4.00. The summed E-state index contributed by atoms with van der Waals surface area (Å²) in [6, 6.07) is 0. The smallest absolute Gasteiger partial charge is 0.272 e. The van der Waals surface area contributed by atoms with Crippen molar-refractivity contribution >= 4 is 27.5 Å². The molecule has 2 aromatic heterocycles. The number of carbonyl (C=O) groups is 1. The van der Waals surface area contributed by atoms with E-state index in [2.05, 4.69) is 22.0 Å². The minimum atomic E-state index is -0.0108. The summed E-state index contributed by atoms with van der Waals surface area (Å²) >= 11 is 1.39. The number of aryl methyl sites for hydroxylation is 2. The molecule has 6 nitrogen and oxygen atoms in total. The quantitative estimate of drug-likeness (QED) is 0.838. The second-order valence-corrected chi connectivity index (χ2v) is 8.39. The Bertz CT molecular complexity index is 875. The number of ketones is 1. The van der Waals surface area contributed by atoms with Gasteiger partial charge in [0.25, 0.3) is 5.56 Å². The highest BCUT2D eigenvalue weighted by Crippen LogP contribution is 2.36. The van der Waals surface area contributed by atoms with E-state index in [1.807, 2.05) is 17.8 Å². The van der Waals surface area contributed by atoms with E-state index in [-0.39, 0.29) is 17.6 Å². The first-order chi connectivity index (χ1) is 12.0. The molecule has 0 N–H and O–H groups in total. The highest BCUT2D eigenvalue weighted by Gasteiger charge is 2.37. The first-order valence-corrected chi connectivity index (χ1v) is 9.88. The van der Waals surface area contributed by atoms with Crippen LogP contribution in [-0.2, 0) is 4.79 Å². The molecule has 7 heteroatoms. The van der Waals surface area contributed by atoms with E-state index in [0.717, 1.165) is 50.0 Å². The third kappa shape index (κ3) is 2.93. The van der Waals surface area contributed by atoms with Crippen LogP contribution >= 0.6 is 11.5 Å². The van der Waals surface area contributed by atoms with Gasteiger partial charge in [-0.3, -0.25) is 14.5 Å². The molecule has 0 amide bonds. The van der Waals surface area contributed by atoms with E-state index in [0.29, 0.717) is 21.9 Å². The Balaban J connectivity index is 1.53. The normalized spacial score (nSPS) is 20.9. The van der Waals surface area contributed by atoms with Gasteiger partial charge < -0.3 is 0 Å². The third-order valence-corrected chi connectivity index (χ3v) is 6.93. The number of nitrogens with zero attached hydrogens (tertiary/aromatic N) is 4. The van der Waals surface area contributed by atoms with Gasteiger partial charge in [-0.1, -0.05) is 0 Å². The monoisotopic (exact) mass is 360 g/mol. The van der Waals surface area contributed by atoms with Gasteiger partial charge in [-0.05, 0) is 63.6 Å². The molecule has 0 aromatic carbocycles. The summed E-state index contributed by atoms with van der Waals surface area (Å²) in [5, 5.41) is 9.04. The minimum absolute atomic E-state index is 0.0108. The predicted molar refractivity (Wildman–Crippen MR) is 97.9 cm³/mol. The van der Waals surface area contributed by atoms with Crippen molar-refractivity contribution in [3.63, 3.8) is 0 Å². The van der Waals surface area contributed by atoms with E-state index in [9.17, 15) is 9.59 Å². The zero-order chi connectivity index (χ0) is 17.7. The SMILES string of the molecule is Cc1nnc2sn(C(C)N3CCC(C(=O)C4CC4)CC3)c(=O)c2c1C.